The summed E-state index contributed by atoms with van der Waals surface area (Å²) in [6, 6.07) is 17.3. The first-order valence-corrected chi connectivity index (χ1v) is 11.6. The average molecular weight is 446 g/mol. The summed E-state index contributed by atoms with van der Waals surface area (Å²) in [6.07, 6.45) is 5.80. The third-order valence-electron chi connectivity index (χ3n) is 5.93. The van der Waals surface area contributed by atoms with E-state index in [1.165, 1.54) is 4.90 Å². The molecule has 2 aliphatic rings. The first-order valence-electron chi connectivity index (χ1n) is 10.7. The van der Waals surface area contributed by atoms with Gasteiger partial charge in [0.1, 0.15) is 6.54 Å². The Morgan fingerprint density at radius 3 is 2.47 bits per heavy atom. The summed E-state index contributed by atoms with van der Waals surface area (Å²) in [6.45, 7) is 2.16. The zero-order chi connectivity index (χ0) is 22.1. The Balaban J connectivity index is 1.42. The van der Waals surface area contributed by atoms with Crippen LogP contribution in [0.4, 0.5) is 4.79 Å². The number of aromatic nitrogens is 1. The quantitative estimate of drug-likeness (QED) is 0.543. The molecule has 0 saturated carbocycles. The maximum Gasteiger partial charge on any atom is 0.293 e. The summed E-state index contributed by atoms with van der Waals surface area (Å²) in [4.78, 5) is 41.8. The Morgan fingerprint density at radius 2 is 1.69 bits per heavy atom. The highest BCUT2D eigenvalue weighted by atomic mass is 32.2. The van der Waals surface area contributed by atoms with Crippen LogP contribution in [0.5, 0.6) is 0 Å². The normalized spacial score (nSPS) is 17.8. The molecule has 2 aromatic carbocycles. The Hall–Kier alpha value is -3.32. The van der Waals surface area contributed by atoms with Crippen molar-refractivity contribution in [1.29, 1.82) is 0 Å². The van der Waals surface area contributed by atoms with E-state index in [9.17, 15) is 14.4 Å². The molecule has 0 atom stereocenters. The van der Waals surface area contributed by atoms with Gasteiger partial charge in [-0.3, -0.25) is 19.3 Å². The van der Waals surface area contributed by atoms with Crippen molar-refractivity contribution < 1.29 is 14.4 Å². The van der Waals surface area contributed by atoms with Crippen molar-refractivity contribution in [2.75, 3.05) is 13.1 Å². The van der Waals surface area contributed by atoms with E-state index in [2.05, 4.69) is 0 Å². The maximum absolute atomic E-state index is 13.0. The number of hydrogen-bond donors (Lipinski definition) is 0. The summed E-state index contributed by atoms with van der Waals surface area (Å²) >= 11 is 0.962. The van der Waals surface area contributed by atoms with Crippen LogP contribution in [-0.4, -0.2) is 44.5 Å². The van der Waals surface area contributed by atoms with E-state index in [1.54, 1.807) is 6.08 Å². The summed E-state index contributed by atoms with van der Waals surface area (Å²) in [5, 5.41) is 0.689. The van der Waals surface area contributed by atoms with Gasteiger partial charge in [-0.15, -0.1) is 0 Å². The topological polar surface area (TPSA) is 62.6 Å². The molecule has 2 aliphatic heterocycles. The van der Waals surface area contributed by atoms with E-state index < -0.39 is 0 Å². The zero-order valence-electron chi connectivity index (χ0n) is 17.6. The highest BCUT2D eigenvalue weighted by Gasteiger charge is 2.35. The number of rotatable bonds is 5. The van der Waals surface area contributed by atoms with Crippen molar-refractivity contribution in [2.24, 2.45) is 0 Å². The Labute approximate surface area is 190 Å². The molecule has 5 rings (SSSR count). The van der Waals surface area contributed by atoms with Crippen LogP contribution < -0.4 is 0 Å². The SMILES string of the molecule is O=C(Cn1cc(/C=C2\SC(=O)N(Cc3ccccc3)C2=O)c2ccccc21)N1CCCC1. The van der Waals surface area contributed by atoms with Crippen LogP contribution in [0.15, 0.2) is 65.7 Å². The van der Waals surface area contributed by atoms with Gasteiger partial charge in [0.2, 0.25) is 5.91 Å². The Morgan fingerprint density at radius 1 is 0.969 bits per heavy atom. The molecule has 0 N–H and O–H groups in total. The van der Waals surface area contributed by atoms with Crippen LogP contribution in [-0.2, 0) is 22.7 Å². The van der Waals surface area contributed by atoms with Crippen LogP contribution in [0.2, 0.25) is 0 Å². The summed E-state index contributed by atoms with van der Waals surface area (Å²) in [5.74, 6) is -0.174. The third-order valence-corrected chi connectivity index (χ3v) is 6.83. The largest absolute Gasteiger partial charge is 0.341 e. The van der Waals surface area contributed by atoms with Gasteiger partial charge in [-0.1, -0.05) is 48.5 Å². The molecule has 162 valence electrons. The van der Waals surface area contributed by atoms with Crippen LogP contribution in [0.1, 0.15) is 24.0 Å². The minimum Gasteiger partial charge on any atom is -0.341 e. The van der Waals surface area contributed by atoms with Gasteiger partial charge in [0, 0.05) is 35.8 Å². The lowest BCUT2D eigenvalue weighted by Crippen LogP contribution is -2.30. The van der Waals surface area contributed by atoms with Gasteiger partial charge in [-0.2, -0.15) is 0 Å². The van der Waals surface area contributed by atoms with Crippen LogP contribution in [0.25, 0.3) is 17.0 Å². The minimum atomic E-state index is -0.283. The molecule has 32 heavy (non-hydrogen) atoms. The monoisotopic (exact) mass is 445 g/mol. The van der Waals surface area contributed by atoms with Crippen molar-refractivity contribution >= 4 is 45.8 Å². The molecule has 2 saturated heterocycles. The van der Waals surface area contributed by atoms with E-state index in [-0.39, 0.29) is 30.1 Å². The second-order valence-electron chi connectivity index (χ2n) is 8.07. The van der Waals surface area contributed by atoms with Crippen molar-refractivity contribution in [3.63, 3.8) is 0 Å². The average Bonchev–Trinajstić information content (AvgIpc) is 3.52. The highest BCUT2D eigenvalue weighted by Crippen LogP contribution is 2.35. The number of imide groups is 1. The summed E-state index contributed by atoms with van der Waals surface area (Å²) < 4.78 is 1.94. The molecule has 2 fully saturated rings. The van der Waals surface area contributed by atoms with Crippen LogP contribution in [0, 0.1) is 0 Å². The number of likely N-dealkylation sites (tertiary alicyclic amines) is 1. The molecule has 6 nitrogen and oxygen atoms in total. The van der Waals surface area contributed by atoms with E-state index in [0.717, 1.165) is 59.7 Å². The first kappa shape index (κ1) is 20.6. The van der Waals surface area contributed by atoms with Crippen LogP contribution in [0.3, 0.4) is 0 Å². The molecule has 0 radical (unpaired) electrons. The van der Waals surface area contributed by atoms with Crippen molar-refractivity contribution in [3.8, 4) is 0 Å². The highest BCUT2D eigenvalue weighted by molar-refractivity contribution is 8.18. The standard InChI is InChI=1S/C25H23N3O3S/c29-23(26-12-6-7-13-26)17-27-16-19(20-10-4-5-11-21(20)27)14-22-24(30)28(25(31)32-22)15-18-8-2-1-3-9-18/h1-5,8-11,14,16H,6-7,12-13,15,17H2/b22-14-. The van der Waals surface area contributed by atoms with Gasteiger partial charge < -0.3 is 9.47 Å². The summed E-state index contributed by atoms with van der Waals surface area (Å²) in [7, 11) is 0. The smallest absolute Gasteiger partial charge is 0.293 e. The second-order valence-corrected chi connectivity index (χ2v) is 9.06. The van der Waals surface area contributed by atoms with Crippen molar-refractivity contribution in [2.45, 2.75) is 25.9 Å². The molecule has 3 amide bonds. The maximum atomic E-state index is 13.0. The molecule has 3 aromatic rings. The molecule has 0 unspecified atom stereocenters. The lowest BCUT2D eigenvalue weighted by molar-refractivity contribution is -0.130. The molecule has 0 bridgehead atoms. The lowest BCUT2D eigenvalue weighted by Gasteiger charge is -2.15. The Kier molecular flexibility index (Phi) is 5.57. The Bertz CT molecular complexity index is 1230. The number of nitrogens with zero attached hydrogens (tertiary/aromatic N) is 3. The van der Waals surface area contributed by atoms with Gasteiger partial charge in [0.25, 0.3) is 11.1 Å². The molecule has 0 aliphatic carbocycles. The molecule has 0 spiro atoms. The molecular weight excluding hydrogens is 422 g/mol. The molecule has 7 heteroatoms. The predicted molar refractivity (Wildman–Crippen MR) is 126 cm³/mol. The number of carbonyl (C=O) groups excluding carboxylic acids is 3. The lowest BCUT2D eigenvalue weighted by atomic mass is 10.1. The number of para-hydroxylation sites is 1. The molecule has 3 heterocycles. The van der Waals surface area contributed by atoms with Gasteiger partial charge in [0.05, 0.1) is 11.4 Å². The molecular formula is C25H23N3O3S. The fourth-order valence-corrected chi connectivity index (χ4v) is 5.11. The fourth-order valence-electron chi connectivity index (χ4n) is 4.28. The fraction of sp³-hybridized carbons (Fsp3) is 0.240. The third kappa shape index (κ3) is 3.96. The second kappa shape index (κ2) is 8.67. The van der Waals surface area contributed by atoms with E-state index >= 15 is 0 Å². The summed E-state index contributed by atoms with van der Waals surface area (Å²) in [5.41, 5.74) is 2.68. The van der Waals surface area contributed by atoms with E-state index in [4.69, 9.17) is 0 Å². The van der Waals surface area contributed by atoms with Crippen LogP contribution >= 0.6 is 11.8 Å². The van der Waals surface area contributed by atoms with E-state index in [1.807, 2.05) is 70.3 Å². The van der Waals surface area contributed by atoms with Crippen molar-refractivity contribution in [1.82, 2.24) is 14.4 Å². The van der Waals surface area contributed by atoms with Gasteiger partial charge in [-0.05, 0) is 42.3 Å². The van der Waals surface area contributed by atoms with Gasteiger partial charge >= 0.3 is 0 Å². The van der Waals surface area contributed by atoms with Crippen molar-refractivity contribution in [3.05, 3.63) is 76.8 Å². The molecule has 1 aromatic heterocycles. The van der Waals surface area contributed by atoms with E-state index in [0.29, 0.717) is 4.91 Å². The van der Waals surface area contributed by atoms with Gasteiger partial charge in [0.15, 0.2) is 0 Å². The number of thioether (sulfide) groups is 1. The number of hydrogen-bond acceptors (Lipinski definition) is 4. The zero-order valence-corrected chi connectivity index (χ0v) is 18.4. The first-order chi connectivity index (χ1) is 15.6. The van der Waals surface area contributed by atoms with Gasteiger partial charge in [-0.25, -0.2) is 0 Å². The minimum absolute atomic E-state index is 0.109. The number of carbonyl (C=O) groups is 3. The number of amides is 3. The number of fused-ring (bicyclic) bond motifs is 1. The number of benzene rings is 2. The predicted octanol–water partition coefficient (Wildman–Crippen LogP) is 4.50.